The number of nitro groups is 1. The second-order valence-electron chi connectivity index (χ2n) is 5.92. The summed E-state index contributed by atoms with van der Waals surface area (Å²) in [5, 5.41) is 13.9. The van der Waals surface area contributed by atoms with E-state index in [9.17, 15) is 14.9 Å². The summed E-state index contributed by atoms with van der Waals surface area (Å²) in [6, 6.07) is 5.55. The van der Waals surface area contributed by atoms with Crippen molar-refractivity contribution in [3.63, 3.8) is 0 Å². The number of nitro benzene ring substituents is 1. The SMILES string of the molecule is CN1CCN(c2cc(C(=O)Nc3cc(Cl)ccc3[N+](=O)[O-])ncn2)CC1. The van der Waals surface area contributed by atoms with E-state index >= 15 is 0 Å². The summed E-state index contributed by atoms with van der Waals surface area (Å²) in [5.74, 6) is 0.0898. The number of benzene rings is 1. The fraction of sp³-hybridized carbons (Fsp3) is 0.312. The lowest BCUT2D eigenvalue weighted by atomic mass is 10.2. The lowest BCUT2D eigenvalue weighted by Crippen LogP contribution is -2.44. The smallest absolute Gasteiger partial charge is 0.292 e. The van der Waals surface area contributed by atoms with Crippen LogP contribution in [0.4, 0.5) is 17.2 Å². The molecule has 0 radical (unpaired) electrons. The first-order chi connectivity index (χ1) is 12.4. The van der Waals surface area contributed by atoms with Crippen molar-refractivity contribution >= 4 is 34.7 Å². The van der Waals surface area contributed by atoms with Gasteiger partial charge in [0.2, 0.25) is 0 Å². The zero-order chi connectivity index (χ0) is 18.7. The predicted molar refractivity (Wildman–Crippen MR) is 97.8 cm³/mol. The largest absolute Gasteiger partial charge is 0.354 e. The summed E-state index contributed by atoms with van der Waals surface area (Å²) in [7, 11) is 2.05. The first-order valence-corrected chi connectivity index (χ1v) is 8.32. The third-order valence-corrected chi connectivity index (χ3v) is 4.35. The average molecular weight is 377 g/mol. The molecule has 0 bridgehead atoms. The number of piperazine rings is 1. The maximum Gasteiger partial charge on any atom is 0.292 e. The number of amides is 1. The molecule has 136 valence electrons. The molecule has 2 heterocycles. The van der Waals surface area contributed by atoms with E-state index in [1.807, 2.05) is 7.05 Å². The highest BCUT2D eigenvalue weighted by atomic mass is 35.5. The van der Waals surface area contributed by atoms with Crippen molar-refractivity contribution in [1.29, 1.82) is 0 Å². The number of carbonyl (C=O) groups is 1. The molecule has 1 amide bonds. The van der Waals surface area contributed by atoms with Crippen LogP contribution in [-0.2, 0) is 0 Å². The van der Waals surface area contributed by atoms with Gasteiger partial charge in [0.25, 0.3) is 11.6 Å². The first-order valence-electron chi connectivity index (χ1n) is 7.95. The number of aromatic nitrogens is 2. The predicted octanol–water partition coefficient (Wildman–Crippen LogP) is 2.04. The third-order valence-electron chi connectivity index (χ3n) is 4.12. The molecular weight excluding hydrogens is 360 g/mol. The zero-order valence-electron chi connectivity index (χ0n) is 14.1. The minimum atomic E-state index is -0.582. The van der Waals surface area contributed by atoms with Crippen LogP contribution in [0.1, 0.15) is 10.5 Å². The van der Waals surface area contributed by atoms with E-state index < -0.39 is 10.8 Å². The maximum absolute atomic E-state index is 12.5. The van der Waals surface area contributed by atoms with Gasteiger partial charge in [0.05, 0.1) is 4.92 Å². The first kappa shape index (κ1) is 18.0. The fourth-order valence-electron chi connectivity index (χ4n) is 2.63. The number of rotatable bonds is 4. The molecule has 10 heteroatoms. The number of nitrogens with zero attached hydrogens (tertiary/aromatic N) is 5. The van der Waals surface area contributed by atoms with E-state index in [0.717, 1.165) is 26.2 Å². The molecule has 0 aliphatic carbocycles. The van der Waals surface area contributed by atoms with Crippen molar-refractivity contribution in [3.05, 3.63) is 51.4 Å². The van der Waals surface area contributed by atoms with E-state index in [1.54, 1.807) is 6.07 Å². The van der Waals surface area contributed by atoms with Crippen molar-refractivity contribution < 1.29 is 9.72 Å². The Morgan fingerprint density at radius 1 is 1.23 bits per heavy atom. The third kappa shape index (κ3) is 4.06. The minimum Gasteiger partial charge on any atom is -0.354 e. The monoisotopic (exact) mass is 376 g/mol. The number of likely N-dealkylation sites (N-methyl/N-ethyl adjacent to an activating group) is 1. The van der Waals surface area contributed by atoms with Crippen LogP contribution in [0.25, 0.3) is 0 Å². The van der Waals surface area contributed by atoms with Crippen LogP contribution in [0.2, 0.25) is 5.02 Å². The molecule has 9 nitrogen and oxygen atoms in total. The lowest BCUT2D eigenvalue weighted by Gasteiger charge is -2.33. The van der Waals surface area contributed by atoms with E-state index in [1.165, 1.54) is 24.5 Å². The zero-order valence-corrected chi connectivity index (χ0v) is 14.8. The average Bonchev–Trinajstić information content (AvgIpc) is 2.62. The van der Waals surface area contributed by atoms with E-state index in [0.29, 0.717) is 5.82 Å². The molecule has 3 rings (SSSR count). The van der Waals surface area contributed by atoms with Gasteiger partial charge in [-0.25, -0.2) is 9.97 Å². The van der Waals surface area contributed by atoms with Gasteiger partial charge >= 0.3 is 0 Å². The number of hydrogen-bond acceptors (Lipinski definition) is 7. The Labute approximate surface area is 154 Å². The number of nitrogens with one attached hydrogen (secondary N) is 1. The quantitative estimate of drug-likeness (QED) is 0.643. The number of halogens is 1. The molecule has 1 saturated heterocycles. The van der Waals surface area contributed by atoms with Gasteiger partial charge in [0, 0.05) is 43.3 Å². The van der Waals surface area contributed by atoms with Crippen LogP contribution in [0.5, 0.6) is 0 Å². The van der Waals surface area contributed by atoms with Gasteiger partial charge in [-0.1, -0.05) is 11.6 Å². The van der Waals surface area contributed by atoms with Crippen LogP contribution in [0.15, 0.2) is 30.6 Å². The van der Waals surface area contributed by atoms with Gasteiger partial charge in [-0.15, -0.1) is 0 Å². The Kier molecular flexibility index (Phi) is 5.29. The van der Waals surface area contributed by atoms with Crippen LogP contribution >= 0.6 is 11.6 Å². The molecule has 1 aliphatic rings. The number of anilines is 2. The molecule has 0 spiro atoms. The number of hydrogen-bond donors (Lipinski definition) is 1. The Hall–Kier alpha value is -2.78. The summed E-state index contributed by atoms with van der Waals surface area (Å²) in [5.41, 5.74) is -0.0911. The topological polar surface area (TPSA) is 104 Å². The van der Waals surface area contributed by atoms with Gasteiger partial charge in [-0.3, -0.25) is 14.9 Å². The summed E-state index contributed by atoms with van der Waals surface area (Å²) < 4.78 is 0. The van der Waals surface area contributed by atoms with Crippen molar-refractivity contribution in [1.82, 2.24) is 14.9 Å². The molecule has 26 heavy (non-hydrogen) atoms. The van der Waals surface area contributed by atoms with Gasteiger partial charge in [0.1, 0.15) is 23.5 Å². The molecular formula is C16H17ClN6O3. The van der Waals surface area contributed by atoms with Crippen LogP contribution in [0.3, 0.4) is 0 Å². The highest BCUT2D eigenvalue weighted by Crippen LogP contribution is 2.28. The normalized spacial score (nSPS) is 14.9. The van der Waals surface area contributed by atoms with E-state index in [2.05, 4.69) is 25.1 Å². The summed E-state index contributed by atoms with van der Waals surface area (Å²) in [4.78, 5) is 35.5. The summed E-state index contributed by atoms with van der Waals surface area (Å²) >= 11 is 5.88. The Morgan fingerprint density at radius 3 is 2.65 bits per heavy atom. The van der Waals surface area contributed by atoms with Gasteiger partial charge in [-0.2, -0.15) is 0 Å². The molecule has 1 N–H and O–H groups in total. The summed E-state index contributed by atoms with van der Waals surface area (Å²) in [6.07, 6.45) is 1.31. The fourth-order valence-corrected chi connectivity index (χ4v) is 2.81. The molecule has 0 unspecified atom stereocenters. The molecule has 0 atom stereocenters. The van der Waals surface area contributed by atoms with Gasteiger partial charge in [-0.05, 0) is 19.2 Å². The van der Waals surface area contributed by atoms with E-state index in [4.69, 9.17) is 11.6 Å². The Bertz CT molecular complexity index is 838. The second kappa shape index (κ2) is 7.63. The molecule has 1 fully saturated rings. The van der Waals surface area contributed by atoms with Crippen molar-refractivity contribution in [2.75, 3.05) is 43.4 Å². The highest BCUT2D eigenvalue weighted by Gasteiger charge is 2.20. The van der Waals surface area contributed by atoms with E-state index in [-0.39, 0.29) is 22.1 Å². The minimum absolute atomic E-state index is 0.0206. The maximum atomic E-state index is 12.5. The second-order valence-corrected chi connectivity index (χ2v) is 6.36. The van der Waals surface area contributed by atoms with Crippen molar-refractivity contribution in [2.24, 2.45) is 0 Å². The molecule has 0 saturated carbocycles. The van der Waals surface area contributed by atoms with Crippen LogP contribution in [0, 0.1) is 10.1 Å². The van der Waals surface area contributed by atoms with Gasteiger partial charge < -0.3 is 15.1 Å². The Balaban J connectivity index is 1.80. The van der Waals surface area contributed by atoms with Crippen LogP contribution in [-0.4, -0.2) is 58.9 Å². The lowest BCUT2D eigenvalue weighted by molar-refractivity contribution is -0.383. The van der Waals surface area contributed by atoms with Crippen molar-refractivity contribution in [3.8, 4) is 0 Å². The molecule has 2 aromatic rings. The molecule has 1 aliphatic heterocycles. The summed E-state index contributed by atoms with van der Waals surface area (Å²) in [6.45, 7) is 3.41. The van der Waals surface area contributed by atoms with Crippen LogP contribution < -0.4 is 10.2 Å². The van der Waals surface area contributed by atoms with Gasteiger partial charge in [0.15, 0.2) is 0 Å². The Morgan fingerprint density at radius 2 is 1.96 bits per heavy atom. The molecule has 1 aromatic carbocycles. The highest BCUT2D eigenvalue weighted by molar-refractivity contribution is 6.31. The molecule has 1 aromatic heterocycles. The number of carbonyl (C=O) groups excluding carboxylic acids is 1. The van der Waals surface area contributed by atoms with Crippen molar-refractivity contribution in [2.45, 2.75) is 0 Å². The standard InChI is InChI=1S/C16H17ClN6O3/c1-21-4-6-22(7-5-21)15-9-13(18-10-19-15)16(24)20-12-8-11(17)2-3-14(12)23(25)26/h2-3,8-10H,4-7H2,1H3,(H,20,24).